The lowest BCUT2D eigenvalue weighted by Gasteiger charge is -2.25. The van der Waals surface area contributed by atoms with Crippen LogP contribution in [0, 0.1) is 0 Å². The summed E-state index contributed by atoms with van der Waals surface area (Å²) in [4.78, 5) is 19.1. The van der Waals surface area contributed by atoms with Gasteiger partial charge in [-0.1, -0.05) is 30.3 Å². The van der Waals surface area contributed by atoms with E-state index in [4.69, 9.17) is 0 Å². The number of benzene rings is 2. The smallest absolute Gasteiger partial charge is 0.283 e. The largest absolute Gasteiger partial charge is 0.392 e. The van der Waals surface area contributed by atoms with Gasteiger partial charge in [-0.25, -0.2) is 4.98 Å². The predicted molar refractivity (Wildman–Crippen MR) is 120 cm³/mol. The van der Waals surface area contributed by atoms with Gasteiger partial charge in [0.15, 0.2) is 0 Å². The molecule has 1 aliphatic rings. The van der Waals surface area contributed by atoms with Gasteiger partial charge in [0.05, 0.1) is 44.9 Å². The molecule has 1 N–H and O–H groups in total. The first-order valence-corrected chi connectivity index (χ1v) is 12.3. The van der Waals surface area contributed by atoms with Crippen molar-refractivity contribution in [1.82, 2.24) is 19.1 Å². The fraction of sp³-hybridized carbons (Fsp3) is 0.227. The van der Waals surface area contributed by atoms with E-state index >= 15 is 0 Å². The van der Waals surface area contributed by atoms with Gasteiger partial charge in [0.1, 0.15) is 0 Å². The molecule has 0 saturated heterocycles. The second kappa shape index (κ2) is 7.80. The molecule has 0 radical (unpaired) electrons. The van der Waals surface area contributed by atoms with E-state index in [0.717, 1.165) is 19.9 Å². The Hall–Kier alpha value is -3.08. The van der Waals surface area contributed by atoms with Crippen molar-refractivity contribution < 1.29 is 18.3 Å². The van der Waals surface area contributed by atoms with E-state index in [1.54, 1.807) is 29.5 Å². The zero-order chi connectivity index (χ0) is 22.5. The van der Waals surface area contributed by atoms with Crippen LogP contribution in [0.2, 0.25) is 0 Å². The summed E-state index contributed by atoms with van der Waals surface area (Å²) >= 11 is 1.37. The average molecular weight is 469 g/mol. The van der Waals surface area contributed by atoms with Crippen LogP contribution < -0.4 is 0 Å². The Morgan fingerprint density at radius 2 is 1.94 bits per heavy atom. The molecule has 5 rings (SSSR count). The monoisotopic (exact) mass is 468 g/mol. The topological polar surface area (TPSA) is 105 Å². The average Bonchev–Trinajstić information content (AvgIpc) is 3.48. The minimum Gasteiger partial charge on any atom is -0.392 e. The third kappa shape index (κ3) is 3.50. The molecule has 0 spiro atoms. The van der Waals surface area contributed by atoms with Gasteiger partial charge in [0.2, 0.25) is 5.91 Å². The number of carbonyl (C=O) groups is 1. The highest BCUT2D eigenvalue weighted by Gasteiger charge is 2.35. The molecule has 1 aliphatic heterocycles. The number of aliphatic hydroxyl groups is 1. The van der Waals surface area contributed by atoms with Gasteiger partial charge in [0.25, 0.3) is 10.0 Å². The number of nitrogens with zero attached hydrogens (tertiary/aromatic N) is 4. The van der Waals surface area contributed by atoms with E-state index in [-0.39, 0.29) is 23.9 Å². The molecule has 3 heterocycles. The van der Waals surface area contributed by atoms with Crippen LogP contribution in [0.4, 0.5) is 0 Å². The van der Waals surface area contributed by atoms with Crippen molar-refractivity contribution in [3.05, 3.63) is 77.1 Å². The zero-order valence-electron chi connectivity index (χ0n) is 17.1. The lowest BCUT2D eigenvalue weighted by Crippen LogP contribution is -2.36. The van der Waals surface area contributed by atoms with Crippen LogP contribution in [0.25, 0.3) is 10.2 Å². The van der Waals surface area contributed by atoms with Crippen molar-refractivity contribution in [3.63, 3.8) is 0 Å². The lowest BCUT2D eigenvalue weighted by molar-refractivity contribution is -0.135. The quantitative estimate of drug-likeness (QED) is 0.483. The lowest BCUT2D eigenvalue weighted by atomic mass is 9.93. The Kier molecular flexibility index (Phi) is 5.07. The molecule has 0 bridgehead atoms. The van der Waals surface area contributed by atoms with Gasteiger partial charge >= 0.3 is 0 Å². The van der Waals surface area contributed by atoms with Gasteiger partial charge in [0, 0.05) is 18.3 Å². The molecule has 2 aromatic carbocycles. The fourth-order valence-corrected chi connectivity index (χ4v) is 5.98. The Morgan fingerprint density at radius 1 is 1.16 bits per heavy atom. The number of thiazole rings is 1. The third-order valence-corrected chi connectivity index (χ3v) is 7.94. The minimum absolute atomic E-state index is 0.140. The molecular formula is C22H20N4O4S2. The summed E-state index contributed by atoms with van der Waals surface area (Å²) in [6, 6.07) is 13.9. The molecule has 8 nitrogen and oxygen atoms in total. The molecule has 2 aromatic heterocycles. The van der Waals surface area contributed by atoms with Gasteiger partial charge in [-0.3, -0.25) is 4.79 Å². The third-order valence-electron chi connectivity index (χ3n) is 5.62. The van der Waals surface area contributed by atoms with Crippen molar-refractivity contribution in [2.45, 2.75) is 36.9 Å². The van der Waals surface area contributed by atoms with Crippen LogP contribution in [0.5, 0.6) is 0 Å². The number of amides is 1. The molecule has 0 aliphatic carbocycles. The Morgan fingerprint density at radius 3 is 2.66 bits per heavy atom. The van der Waals surface area contributed by atoms with Crippen LogP contribution >= 0.6 is 11.3 Å². The Labute approximate surface area is 188 Å². The van der Waals surface area contributed by atoms with Crippen molar-refractivity contribution in [3.8, 4) is 0 Å². The second-order valence-electron chi connectivity index (χ2n) is 7.78. The Bertz CT molecular complexity index is 1390. The van der Waals surface area contributed by atoms with E-state index in [1.165, 1.54) is 23.6 Å². The van der Waals surface area contributed by atoms with Crippen molar-refractivity contribution >= 4 is 37.5 Å². The Balaban J connectivity index is 1.39. The summed E-state index contributed by atoms with van der Waals surface area (Å²) < 4.78 is 27.9. The van der Waals surface area contributed by atoms with E-state index in [1.807, 2.05) is 30.3 Å². The predicted octanol–water partition coefficient (Wildman–Crippen LogP) is 2.74. The molecule has 0 saturated carbocycles. The summed E-state index contributed by atoms with van der Waals surface area (Å²) in [6.45, 7) is 2.03. The maximum absolute atomic E-state index is 13.2. The molecule has 164 valence electrons. The summed E-state index contributed by atoms with van der Waals surface area (Å²) in [5, 5.41) is 14.5. The second-order valence-corrected chi connectivity index (χ2v) is 10.5. The first-order chi connectivity index (χ1) is 15.3. The highest BCUT2D eigenvalue weighted by atomic mass is 32.2. The summed E-state index contributed by atoms with van der Waals surface area (Å²) in [7, 11) is -3.86. The zero-order valence-corrected chi connectivity index (χ0v) is 18.8. The number of rotatable bonds is 5. The van der Waals surface area contributed by atoms with E-state index < -0.39 is 22.0 Å². The first-order valence-electron chi connectivity index (χ1n) is 10.0. The number of aromatic nitrogens is 3. The van der Waals surface area contributed by atoms with Crippen molar-refractivity contribution in [1.29, 1.82) is 0 Å². The molecule has 32 heavy (non-hydrogen) atoms. The highest BCUT2D eigenvalue weighted by Crippen LogP contribution is 2.30. The normalized spacial score (nSPS) is 15.6. The van der Waals surface area contributed by atoms with Gasteiger partial charge in [-0.15, -0.1) is 11.3 Å². The number of aliphatic hydroxyl groups excluding tert-OH is 1. The van der Waals surface area contributed by atoms with E-state index in [2.05, 4.69) is 10.1 Å². The molecular weight excluding hydrogens is 448 g/mol. The molecule has 0 unspecified atom stereocenters. The van der Waals surface area contributed by atoms with E-state index in [9.17, 15) is 18.3 Å². The standard InChI is InChI=1S/C22H20N4O4S2/c1-14(27)21(15-5-3-2-4-6-15)22(28)25-10-16-11-26(24-19(16)12-25)32(29,30)17-7-8-18-20(9-17)31-13-23-18/h2-9,11,13-14,21,27H,10,12H2,1H3/t14-,21+/m0/s1. The van der Waals surface area contributed by atoms with Crippen LogP contribution in [0.3, 0.4) is 0 Å². The van der Waals surface area contributed by atoms with Crippen LogP contribution in [-0.4, -0.2) is 44.6 Å². The summed E-state index contributed by atoms with van der Waals surface area (Å²) in [6.07, 6.45) is 0.606. The minimum atomic E-state index is -3.86. The fourth-order valence-electron chi connectivity index (χ4n) is 3.99. The highest BCUT2D eigenvalue weighted by molar-refractivity contribution is 7.89. The van der Waals surface area contributed by atoms with Crippen molar-refractivity contribution in [2.75, 3.05) is 0 Å². The SMILES string of the molecule is C[C@H](O)[C@@H](C(=O)N1Cc2cn(S(=O)(=O)c3ccc4ncsc4c3)nc2C1)c1ccccc1. The summed E-state index contributed by atoms with van der Waals surface area (Å²) in [5.74, 6) is -0.906. The summed E-state index contributed by atoms with van der Waals surface area (Å²) in [5.41, 5.74) is 4.38. The van der Waals surface area contributed by atoms with Gasteiger partial charge in [-0.2, -0.15) is 17.6 Å². The maximum atomic E-state index is 13.2. The number of carbonyl (C=O) groups excluding carboxylic acids is 1. The van der Waals surface area contributed by atoms with E-state index in [0.29, 0.717) is 11.3 Å². The van der Waals surface area contributed by atoms with Crippen LogP contribution in [0.1, 0.15) is 29.7 Å². The number of hydrogen-bond acceptors (Lipinski definition) is 7. The van der Waals surface area contributed by atoms with Crippen molar-refractivity contribution in [2.24, 2.45) is 0 Å². The number of fused-ring (bicyclic) bond motifs is 2. The number of hydrogen-bond donors (Lipinski definition) is 1. The van der Waals surface area contributed by atoms with Gasteiger partial charge in [-0.05, 0) is 30.7 Å². The van der Waals surface area contributed by atoms with Gasteiger partial charge < -0.3 is 10.0 Å². The molecule has 10 heteroatoms. The molecule has 0 fully saturated rings. The van der Waals surface area contributed by atoms with Crippen LogP contribution in [0.15, 0.2) is 65.1 Å². The molecule has 2 atom stereocenters. The molecule has 4 aromatic rings. The maximum Gasteiger partial charge on any atom is 0.283 e. The van der Waals surface area contributed by atoms with Crippen LogP contribution in [-0.2, 0) is 27.9 Å². The molecule has 1 amide bonds. The first kappa shape index (κ1) is 20.8.